The van der Waals surface area contributed by atoms with Gasteiger partial charge in [0.15, 0.2) is 0 Å². The molecule has 1 heterocycles. The Morgan fingerprint density at radius 2 is 2.19 bits per heavy atom. The molecule has 2 saturated carbocycles. The van der Waals surface area contributed by atoms with Crippen LogP contribution >= 0.6 is 0 Å². The fraction of sp³-hybridized carbons (Fsp3) is 0.769. The van der Waals surface area contributed by atoms with E-state index in [1.165, 1.54) is 32.1 Å². The molecule has 0 radical (unpaired) electrons. The van der Waals surface area contributed by atoms with E-state index >= 15 is 0 Å². The molecular weight excluding hydrogens is 198 g/mol. The van der Waals surface area contributed by atoms with E-state index in [9.17, 15) is 0 Å². The molecule has 2 unspecified atom stereocenters. The summed E-state index contributed by atoms with van der Waals surface area (Å²) in [6.45, 7) is 3.49. The molecule has 3 heteroatoms. The van der Waals surface area contributed by atoms with E-state index in [0.29, 0.717) is 6.04 Å². The van der Waals surface area contributed by atoms with E-state index < -0.39 is 0 Å². The topological polar surface area (TPSA) is 29.9 Å². The highest BCUT2D eigenvalue weighted by Crippen LogP contribution is 2.39. The molecule has 0 spiro atoms. The molecule has 3 rings (SSSR count). The van der Waals surface area contributed by atoms with Gasteiger partial charge in [-0.2, -0.15) is 0 Å². The van der Waals surface area contributed by atoms with Crippen LogP contribution in [0.1, 0.15) is 39.0 Å². The molecule has 16 heavy (non-hydrogen) atoms. The van der Waals surface area contributed by atoms with Gasteiger partial charge in [0.1, 0.15) is 0 Å². The summed E-state index contributed by atoms with van der Waals surface area (Å²) < 4.78 is 2.30. The first-order chi connectivity index (χ1) is 7.83. The van der Waals surface area contributed by atoms with Crippen LogP contribution in [0.25, 0.3) is 0 Å². The van der Waals surface area contributed by atoms with Crippen molar-refractivity contribution in [2.24, 2.45) is 11.8 Å². The normalized spacial score (nSPS) is 29.6. The number of aromatic nitrogens is 2. The molecule has 2 atom stereocenters. The van der Waals surface area contributed by atoms with E-state index in [2.05, 4.69) is 28.0 Å². The molecule has 1 N–H and O–H groups in total. The van der Waals surface area contributed by atoms with Crippen molar-refractivity contribution in [3.63, 3.8) is 0 Å². The van der Waals surface area contributed by atoms with Crippen LogP contribution in [0.15, 0.2) is 12.4 Å². The second-order valence-corrected chi connectivity index (χ2v) is 5.50. The second-order valence-electron chi connectivity index (χ2n) is 5.50. The first kappa shape index (κ1) is 10.2. The molecule has 0 bridgehead atoms. The molecule has 2 fully saturated rings. The summed E-state index contributed by atoms with van der Waals surface area (Å²) in [4.78, 5) is 4.44. The van der Waals surface area contributed by atoms with Crippen LogP contribution in [0.2, 0.25) is 0 Å². The Bertz CT molecular complexity index is 352. The molecule has 1 aromatic rings. The number of rotatable bonds is 4. The summed E-state index contributed by atoms with van der Waals surface area (Å²) in [5.74, 6) is 2.89. The Hall–Kier alpha value is -0.990. The molecule has 0 amide bonds. The van der Waals surface area contributed by atoms with Gasteiger partial charge < -0.3 is 9.88 Å². The third kappa shape index (κ3) is 2.08. The molecule has 0 aromatic carbocycles. The largest absolute Gasteiger partial charge is 0.353 e. The summed E-state index contributed by atoms with van der Waals surface area (Å²) in [5, 5.41) is 3.59. The van der Waals surface area contributed by atoms with Gasteiger partial charge in [0.2, 0.25) is 5.95 Å². The smallest absolute Gasteiger partial charge is 0.202 e. The molecular formula is C13H21N3. The zero-order valence-corrected chi connectivity index (χ0v) is 10.0. The van der Waals surface area contributed by atoms with Crippen LogP contribution in [0.5, 0.6) is 0 Å². The predicted octanol–water partition coefficient (Wildman–Crippen LogP) is 2.89. The van der Waals surface area contributed by atoms with Gasteiger partial charge in [0, 0.05) is 25.0 Å². The number of nitrogens with zero attached hydrogens (tertiary/aromatic N) is 2. The molecule has 2 aliphatic rings. The lowest BCUT2D eigenvalue weighted by Crippen LogP contribution is -2.18. The van der Waals surface area contributed by atoms with Crippen LogP contribution in [0.4, 0.5) is 5.95 Å². The third-order valence-electron chi connectivity index (χ3n) is 4.11. The first-order valence-electron chi connectivity index (χ1n) is 6.60. The Morgan fingerprint density at radius 1 is 1.44 bits per heavy atom. The number of imidazole rings is 1. The zero-order valence-electron chi connectivity index (χ0n) is 10.0. The van der Waals surface area contributed by atoms with Crippen molar-refractivity contribution in [3.8, 4) is 0 Å². The second kappa shape index (κ2) is 4.11. The van der Waals surface area contributed by atoms with Gasteiger partial charge >= 0.3 is 0 Å². The maximum absolute atomic E-state index is 4.44. The predicted molar refractivity (Wildman–Crippen MR) is 65.4 cm³/mol. The van der Waals surface area contributed by atoms with Crippen LogP contribution in [0, 0.1) is 11.8 Å². The summed E-state index contributed by atoms with van der Waals surface area (Å²) in [7, 11) is 0. The van der Waals surface area contributed by atoms with Gasteiger partial charge in [-0.3, -0.25) is 0 Å². The molecule has 88 valence electrons. The summed E-state index contributed by atoms with van der Waals surface area (Å²) >= 11 is 0. The first-order valence-corrected chi connectivity index (χ1v) is 6.60. The van der Waals surface area contributed by atoms with Crippen molar-refractivity contribution in [3.05, 3.63) is 12.4 Å². The van der Waals surface area contributed by atoms with Crippen LogP contribution in [-0.4, -0.2) is 15.6 Å². The minimum atomic E-state index is 0.665. The van der Waals surface area contributed by atoms with Gasteiger partial charge in [0.05, 0.1) is 0 Å². The highest BCUT2D eigenvalue weighted by Gasteiger charge is 2.33. The maximum Gasteiger partial charge on any atom is 0.202 e. The Balaban J connectivity index is 1.62. The lowest BCUT2D eigenvalue weighted by Gasteiger charge is -2.14. The van der Waals surface area contributed by atoms with Crippen molar-refractivity contribution in [2.75, 3.05) is 5.32 Å². The average molecular weight is 219 g/mol. The minimum Gasteiger partial charge on any atom is -0.353 e. The van der Waals surface area contributed by atoms with Gasteiger partial charge in [0.25, 0.3) is 0 Å². The van der Waals surface area contributed by atoms with Crippen molar-refractivity contribution < 1.29 is 0 Å². The summed E-state index contributed by atoms with van der Waals surface area (Å²) in [6, 6.07) is 0.665. The molecule has 1 aromatic heterocycles. The van der Waals surface area contributed by atoms with Crippen molar-refractivity contribution in [1.82, 2.24) is 9.55 Å². The SMILES string of the molecule is CC1CC1Cn1ccnc1NC1CCCC1. The number of anilines is 1. The van der Waals surface area contributed by atoms with Crippen LogP contribution in [-0.2, 0) is 6.54 Å². The van der Waals surface area contributed by atoms with E-state index in [1.54, 1.807) is 0 Å². The maximum atomic E-state index is 4.44. The molecule has 3 nitrogen and oxygen atoms in total. The fourth-order valence-corrected chi connectivity index (χ4v) is 2.76. The van der Waals surface area contributed by atoms with Crippen molar-refractivity contribution in [1.29, 1.82) is 0 Å². The zero-order chi connectivity index (χ0) is 11.0. The summed E-state index contributed by atoms with van der Waals surface area (Å²) in [6.07, 6.45) is 10.8. The number of hydrogen-bond acceptors (Lipinski definition) is 2. The highest BCUT2D eigenvalue weighted by atomic mass is 15.2. The van der Waals surface area contributed by atoms with Crippen molar-refractivity contribution in [2.45, 2.75) is 51.6 Å². The highest BCUT2D eigenvalue weighted by molar-refractivity contribution is 5.28. The monoisotopic (exact) mass is 219 g/mol. The fourth-order valence-electron chi connectivity index (χ4n) is 2.76. The molecule has 0 aliphatic heterocycles. The molecule has 2 aliphatic carbocycles. The summed E-state index contributed by atoms with van der Waals surface area (Å²) in [5.41, 5.74) is 0. The third-order valence-corrected chi connectivity index (χ3v) is 4.11. The minimum absolute atomic E-state index is 0.665. The average Bonchev–Trinajstić information content (AvgIpc) is 2.75. The lowest BCUT2D eigenvalue weighted by atomic mass is 10.2. The van der Waals surface area contributed by atoms with Gasteiger partial charge in [-0.25, -0.2) is 4.98 Å². The Morgan fingerprint density at radius 3 is 2.88 bits per heavy atom. The van der Waals surface area contributed by atoms with Crippen LogP contribution < -0.4 is 5.32 Å². The number of hydrogen-bond donors (Lipinski definition) is 1. The van der Waals surface area contributed by atoms with E-state index in [0.717, 1.165) is 24.3 Å². The van der Waals surface area contributed by atoms with Gasteiger partial charge in [-0.05, 0) is 31.1 Å². The van der Waals surface area contributed by atoms with E-state index in [1.807, 2.05) is 6.20 Å². The lowest BCUT2D eigenvalue weighted by molar-refractivity contribution is 0.591. The van der Waals surface area contributed by atoms with Crippen molar-refractivity contribution >= 4 is 5.95 Å². The van der Waals surface area contributed by atoms with Crippen LogP contribution in [0.3, 0.4) is 0 Å². The number of nitrogens with one attached hydrogen (secondary N) is 1. The quantitative estimate of drug-likeness (QED) is 0.844. The van der Waals surface area contributed by atoms with E-state index in [-0.39, 0.29) is 0 Å². The van der Waals surface area contributed by atoms with Gasteiger partial charge in [-0.15, -0.1) is 0 Å². The Kier molecular flexibility index (Phi) is 2.62. The van der Waals surface area contributed by atoms with Gasteiger partial charge in [-0.1, -0.05) is 19.8 Å². The standard InChI is InChI=1S/C13H21N3/c1-10-8-11(10)9-16-7-6-14-13(16)15-12-4-2-3-5-12/h6-7,10-12H,2-5,8-9H2,1H3,(H,14,15). The Labute approximate surface area is 97.3 Å². The molecule has 0 saturated heterocycles. The van der Waals surface area contributed by atoms with E-state index in [4.69, 9.17) is 0 Å².